The third-order valence-electron chi connectivity index (χ3n) is 4.51. The summed E-state index contributed by atoms with van der Waals surface area (Å²) in [5, 5.41) is 2.95. The molecule has 2 N–H and O–H groups in total. The minimum Gasteiger partial charge on any atom is -0.348 e. The lowest BCUT2D eigenvalue weighted by Gasteiger charge is -2.19. The molecule has 0 aliphatic heterocycles. The number of nitrogens with one attached hydrogen (secondary N) is 2. The number of rotatable bonds is 5. The third-order valence-corrected chi connectivity index (χ3v) is 6.06. The summed E-state index contributed by atoms with van der Waals surface area (Å²) in [5.41, 5.74) is 3.33. The van der Waals surface area contributed by atoms with Crippen LogP contribution in [0.25, 0.3) is 0 Å². The lowest BCUT2D eigenvalue weighted by atomic mass is 10.1. The topological polar surface area (TPSA) is 75.3 Å². The number of aryl methyl sites for hydroxylation is 2. The number of hydrogen-bond donors (Lipinski definition) is 2. The standard InChI is InChI=1S/C19H22N2O3S/c1-13-7-10-16(11-8-13)25(23,24)21-14(2)19(22)20-18-12-9-15-5-3-4-6-17(15)18/h3-8,10-11,14,18,21H,9,12H2,1-2H3,(H,20,22)/t14-,18+/m0/s1. The minimum absolute atomic E-state index is 0.0602. The Bertz CT molecular complexity index is 876. The van der Waals surface area contributed by atoms with Gasteiger partial charge in [0.25, 0.3) is 0 Å². The van der Waals surface area contributed by atoms with Gasteiger partial charge in [0.05, 0.1) is 17.0 Å². The van der Waals surface area contributed by atoms with Crippen LogP contribution in [0.15, 0.2) is 53.4 Å². The summed E-state index contributed by atoms with van der Waals surface area (Å²) in [6, 6.07) is 13.6. The molecular weight excluding hydrogens is 336 g/mol. The van der Waals surface area contributed by atoms with E-state index >= 15 is 0 Å². The number of hydrogen-bond acceptors (Lipinski definition) is 3. The Morgan fingerprint density at radius 3 is 2.52 bits per heavy atom. The van der Waals surface area contributed by atoms with Crippen LogP contribution < -0.4 is 10.0 Å². The van der Waals surface area contributed by atoms with E-state index in [1.807, 2.05) is 25.1 Å². The molecule has 6 heteroatoms. The highest BCUT2D eigenvalue weighted by atomic mass is 32.2. The van der Waals surface area contributed by atoms with Crippen LogP contribution in [0.3, 0.4) is 0 Å². The van der Waals surface area contributed by atoms with Crippen LogP contribution in [-0.2, 0) is 21.2 Å². The van der Waals surface area contributed by atoms with Gasteiger partial charge in [-0.2, -0.15) is 4.72 Å². The van der Waals surface area contributed by atoms with Crippen molar-refractivity contribution in [1.29, 1.82) is 0 Å². The molecule has 0 aromatic heterocycles. The van der Waals surface area contributed by atoms with E-state index in [2.05, 4.69) is 16.1 Å². The quantitative estimate of drug-likeness (QED) is 0.862. The van der Waals surface area contributed by atoms with Gasteiger partial charge in [-0.3, -0.25) is 4.79 Å². The molecular formula is C19H22N2O3S. The van der Waals surface area contributed by atoms with E-state index in [0.717, 1.165) is 24.0 Å². The maximum absolute atomic E-state index is 12.4. The maximum atomic E-state index is 12.4. The molecule has 0 unspecified atom stereocenters. The average molecular weight is 358 g/mol. The molecule has 2 atom stereocenters. The molecule has 0 fully saturated rings. The number of carbonyl (C=O) groups excluding carboxylic acids is 1. The molecule has 1 aliphatic carbocycles. The lowest BCUT2D eigenvalue weighted by Crippen LogP contribution is -2.45. The lowest BCUT2D eigenvalue weighted by molar-refractivity contribution is -0.123. The van der Waals surface area contributed by atoms with Crippen LogP contribution in [0.4, 0.5) is 0 Å². The Labute approximate surface area is 148 Å². The average Bonchev–Trinajstić information content (AvgIpc) is 2.98. The second-order valence-corrected chi connectivity index (χ2v) is 8.17. The van der Waals surface area contributed by atoms with Gasteiger partial charge in [0.1, 0.15) is 0 Å². The fourth-order valence-corrected chi connectivity index (χ4v) is 4.28. The van der Waals surface area contributed by atoms with Crippen molar-refractivity contribution < 1.29 is 13.2 Å². The normalized spacial score (nSPS) is 17.8. The largest absolute Gasteiger partial charge is 0.348 e. The van der Waals surface area contributed by atoms with E-state index in [4.69, 9.17) is 0 Å². The Morgan fingerprint density at radius 2 is 1.80 bits per heavy atom. The predicted molar refractivity (Wildman–Crippen MR) is 96.6 cm³/mol. The summed E-state index contributed by atoms with van der Waals surface area (Å²) in [5.74, 6) is -0.322. The fraction of sp³-hybridized carbons (Fsp3) is 0.316. The Morgan fingerprint density at radius 1 is 1.12 bits per heavy atom. The first-order valence-corrected chi connectivity index (χ1v) is 9.82. The molecule has 132 valence electrons. The van der Waals surface area contributed by atoms with Gasteiger partial charge in [0.2, 0.25) is 15.9 Å². The van der Waals surface area contributed by atoms with E-state index in [1.54, 1.807) is 19.1 Å². The van der Waals surface area contributed by atoms with E-state index in [-0.39, 0.29) is 16.8 Å². The Balaban J connectivity index is 1.66. The van der Waals surface area contributed by atoms with E-state index in [1.165, 1.54) is 17.7 Å². The number of sulfonamides is 1. The molecule has 1 amide bonds. The Hall–Kier alpha value is -2.18. The summed E-state index contributed by atoms with van der Waals surface area (Å²) in [6.07, 6.45) is 1.76. The first-order valence-electron chi connectivity index (χ1n) is 8.34. The zero-order chi connectivity index (χ0) is 18.0. The van der Waals surface area contributed by atoms with Gasteiger partial charge in [0.15, 0.2) is 0 Å². The summed E-state index contributed by atoms with van der Waals surface area (Å²) in [6.45, 7) is 3.45. The van der Waals surface area contributed by atoms with Crippen molar-refractivity contribution in [2.75, 3.05) is 0 Å². The van der Waals surface area contributed by atoms with Crippen LogP contribution in [0.5, 0.6) is 0 Å². The summed E-state index contributed by atoms with van der Waals surface area (Å²) in [4.78, 5) is 12.6. The molecule has 3 rings (SSSR count). The molecule has 0 spiro atoms. The first kappa shape index (κ1) is 17.6. The van der Waals surface area contributed by atoms with Crippen molar-refractivity contribution in [2.45, 2.75) is 43.7 Å². The van der Waals surface area contributed by atoms with Crippen molar-refractivity contribution >= 4 is 15.9 Å². The van der Waals surface area contributed by atoms with Gasteiger partial charge in [-0.15, -0.1) is 0 Å². The van der Waals surface area contributed by atoms with Crippen molar-refractivity contribution in [1.82, 2.24) is 10.0 Å². The third kappa shape index (κ3) is 3.91. The minimum atomic E-state index is -3.73. The summed E-state index contributed by atoms with van der Waals surface area (Å²) < 4.78 is 27.3. The molecule has 5 nitrogen and oxygen atoms in total. The molecule has 0 heterocycles. The molecule has 0 bridgehead atoms. The number of amides is 1. The molecule has 1 aliphatic rings. The van der Waals surface area contributed by atoms with Gasteiger partial charge in [-0.05, 0) is 49.9 Å². The highest BCUT2D eigenvalue weighted by Crippen LogP contribution is 2.30. The summed E-state index contributed by atoms with van der Waals surface area (Å²) in [7, 11) is -3.73. The zero-order valence-electron chi connectivity index (χ0n) is 14.3. The number of fused-ring (bicyclic) bond motifs is 1. The molecule has 25 heavy (non-hydrogen) atoms. The van der Waals surface area contributed by atoms with Gasteiger partial charge in [-0.1, -0.05) is 42.0 Å². The van der Waals surface area contributed by atoms with Crippen LogP contribution in [-0.4, -0.2) is 20.4 Å². The van der Waals surface area contributed by atoms with Gasteiger partial charge < -0.3 is 5.32 Å². The second-order valence-electron chi connectivity index (χ2n) is 6.45. The second kappa shape index (κ2) is 6.98. The summed E-state index contributed by atoms with van der Waals surface area (Å²) >= 11 is 0. The van der Waals surface area contributed by atoms with Gasteiger partial charge in [-0.25, -0.2) is 8.42 Å². The molecule has 2 aromatic rings. The monoisotopic (exact) mass is 358 g/mol. The highest BCUT2D eigenvalue weighted by Gasteiger charge is 2.27. The van der Waals surface area contributed by atoms with Crippen molar-refractivity contribution in [3.63, 3.8) is 0 Å². The molecule has 2 aromatic carbocycles. The molecule has 0 radical (unpaired) electrons. The fourth-order valence-electron chi connectivity index (χ4n) is 3.08. The van der Waals surface area contributed by atoms with E-state index in [9.17, 15) is 13.2 Å². The van der Waals surface area contributed by atoms with Crippen LogP contribution >= 0.6 is 0 Å². The van der Waals surface area contributed by atoms with E-state index in [0.29, 0.717) is 0 Å². The van der Waals surface area contributed by atoms with Crippen LogP contribution in [0.2, 0.25) is 0 Å². The predicted octanol–water partition coefficient (Wildman–Crippen LogP) is 2.47. The van der Waals surface area contributed by atoms with Crippen LogP contribution in [0.1, 0.15) is 36.1 Å². The van der Waals surface area contributed by atoms with Crippen LogP contribution in [0, 0.1) is 6.92 Å². The van der Waals surface area contributed by atoms with Crippen molar-refractivity contribution in [2.24, 2.45) is 0 Å². The van der Waals surface area contributed by atoms with Gasteiger partial charge in [0, 0.05) is 0 Å². The Kier molecular flexibility index (Phi) is 4.92. The SMILES string of the molecule is Cc1ccc(S(=O)(=O)N[C@@H](C)C(=O)N[C@@H]2CCc3ccccc32)cc1. The zero-order valence-corrected chi connectivity index (χ0v) is 15.1. The van der Waals surface area contributed by atoms with Crippen molar-refractivity contribution in [3.05, 3.63) is 65.2 Å². The number of benzene rings is 2. The smallest absolute Gasteiger partial charge is 0.241 e. The molecule has 0 saturated carbocycles. The van der Waals surface area contributed by atoms with Gasteiger partial charge >= 0.3 is 0 Å². The highest BCUT2D eigenvalue weighted by molar-refractivity contribution is 7.89. The van der Waals surface area contributed by atoms with Crippen molar-refractivity contribution in [3.8, 4) is 0 Å². The molecule has 0 saturated heterocycles. The first-order chi connectivity index (χ1) is 11.9. The number of carbonyl (C=O) groups is 1. The van der Waals surface area contributed by atoms with E-state index < -0.39 is 16.1 Å². The maximum Gasteiger partial charge on any atom is 0.241 e.